The van der Waals surface area contributed by atoms with E-state index < -0.39 is 0 Å². The maximum absolute atomic E-state index is 12.5. The highest BCUT2D eigenvalue weighted by molar-refractivity contribution is 7.98. The number of hydrogen-bond donors (Lipinski definition) is 1. The SMILES string of the molecule is CC(=O)N(c1nc(CSc2nc3ccc(C)cc3[nH]2)cs1)c1c(C)cc(C)cc1Cl. The van der Waals surface area contributed by atoms with E-state index in [0.717, 1.165) is 33.0 Å². The van der Waals surface area contributed by atoms with Crippen molar-refractivity contribution in [2.24, 2.45) is 0 Å². The number of thiazole rings is 1. The van der Waals surface area contributed by atoms with Crippen molar-refractivity contribution in [3.63, 3.8) is 0 Å². The first-order valence-electron chi connectivity index (χ1n) is 9.43. The van der Waals surface area contributed by atoms with E-state index in [4.69, 9.17) is 16.6 Å². The summed E-state index contributed by atoms with van der Waals surface area (Å²) in [5, 5.41) is 3.99. The van der Waals surface area contributed by atoms with E-state index >= 15 is 0 Å². The van der Waals surface area contributed by atoms with Crippen LogP contribution in [0.15, 0.2) is 40.9 Å². The van der Waals surface area contributed by atoms with Crippen LogP contribution < -0.4 is 4.90 Å². The van der Waals surface area contributed by atoms with Gasteiger partial charge in [0.2, 0.25) is 5.91 Å². The third kappa shape index (κ3) is 4.24. The van der Waals surface area contributed by atoms with Crippen LogP contribution in [0.25, 0.3) is 11.0 Å². The Morgan fingerprint density at radius 1 is 1.17 bits per heavy atom. The van der Waals surface area contributed by atoms with Crippen LogP contribution in [-0.4, -0.2) is 20.9 Å². The highest BCUT2D eigenvalue weighted by Gasteiger charge is 2.22. The Hall–Kier alpha value is -2.35. The van der Waals surface area contributed by atoms with Gasteiger partial charge in [0.15, 0.2) is 10.3 Å². The Morgan fingerprint density at radius 2 is 1.97 bits per heavy atom. The number of fused-ring (bicyclic) bond motifs is 1. The number of anilines is 2. The lowest BCUT2D eigenvalue weighted by Crippen LogP contribution is -2.24. The number of amides is 1. The molecule has 2 heterocycles. The Morgan fingerprint density at radius 3 is 2.70 bits per heavy atom. The van der Waals surface area contributed by atoms with Crippen molar-refractivity contribution in [1.29, 1.82) is 0 Å². The smallest absolute Gasteiger partial charge is 0.230 e. The largest absolute Gasteiger partial charge is 0.333 e. The van der Waals surface area contributed by atoms with Crippen molar-refractivity contribution in [3.05, 3.63) is 63.1 Å². The second kappa shape index (κ2) is 8.41. The van der Waals surface area contributed by atoms with Gasteiger partial charge in [-0.25, -0.2) is 9.97 Å². The molecule has 5 nitrogen and oxygen atoms in total. The molecule has 4 aromatic rings. The quantitative estimate of drug-likeness (QED) is 0.345. The van der Waals surface area contributed by atoms with Crippen LogP contribution >= 0.6 is 34.7 Å². The number of aryl methyl sites for hydroxylation is 3. The van der Waals surface area contributed by atoms with E-state index in [1.165, 1.54) is 23.8 Å². The molecule has 1 N–H and O–H groups in total. The van der Waals surface area contributed by atoms with Crippen molar-refractivity contribution in [3.8, 4) is 0 Å². The lowest BCUT2D eigenvalue weighted by molar-refractivity contribution is -0.115. The average molecular weight is 457 g/mol. The number of imidazole rings is 1. The fourth-order valence-corrected chi connectivity index (χ4v) is 5.52. The molecule has 0 spiro atoms. The molecule has 0 saturated heterocycles. The molecule has 0 unspecified atom stereocenters. The van der Waals surface area contributed by atoms with Gasteiger partial charge in [0.1, 0.15) is 0 Å². The lowest BCUT2D eigenvalue weighted by atomic mass is 10.1. The first kappa shape index (κ1) is 20.9. The number of rotatable bonds is 5. The predicted octanol–water partition coefficient (Wildman–Crippen LogP) is 6.57. The third-order valence-corrected chi connectivity index (χ3v) is 6.71. The minimum absolute atomic E-state index is 0.120. The summed E-state index contributed by atoms with van der Waals surface area (Å²) in [7, 11) is 0. The Balaban J connectivity index is 1.56. The lowest BCUT2D eigenvalue weighted by Gasteiger charge is -2.22. The molecule has 0 radical (unpaired) electrons. The summed E-state index contributed by atoms with van der Waals surface area (Å²) in [6.07, 6.45) is 0. The minimum Gasteiger partial charge on any atom is -0.333 e. The number of carbonyl (C=O) groups is 1. The van der Waals surface area contributed by atoms with Crippen LogP contribution in [-0.2, 0) is 10.5 Å². The normalized spacial score (nSPS) is 11.2. The minimum atomic E-state index is -0.120. The zero-order valence-electron chi connectivity index (χ0n) is 17.1. The van der Waals surface area contributed by atoms with Crippen molar-refractivity contribution in [1.82, 2.24) is 15.0 Å². The molecule has 2 aromatic carbocycles. The Bertz CT molecular complexity index is 1220. The third-order valence-electron chi connectivity index (χ3n) is 4.64. The number of nitrogens with zero attached hydrogens (tertiary/aromatic N) is 3. The second-order valence-corrected chi connectivity index (χ2v) is 9.45. The van der Waals surface area contributed by atoms with E-state index in [-0.39, 0.29) is 5.91 Å². The van der Waals surface area contributed by atoms with Gasteiger partial charge in [0.05, 0.1) is 27.4 Å². The van der Waals surface area contributed by atoms with Crippen molar-refractivity contribution >= 4 is 62.5 Å². The van der Waals surface area contributed by atoms with Gasteiger partial charge in [-0.05, 0) is 55.7 Å². The molecule has 30 heavy (non-hydrogen) atoms. The molecule has 0 aliphatic rings. The molecular formula is C22H21ClN4OS2. The van der Waals surface area contributed by atoms with Crippen LogP contribution in [0.4, 0.5) is 10.8 Å². The predicted molar refractivity (Wildman–Crippen MR) is 126 cm³/mol. The summed E-state index contributed by atoms with van der Waals surface area (Å²) >= 11 is 9.51. The molecular weight excluding hydrogens is 436 g/mol. The number of aromatic amines is 1. The molecule has 0 bridgehead atoms. The van der Waals surface area contributed by atoms with E-state index in [1.54, 1.807) is 16.7 Å². The molecule has 154 valence electrons. The van der Waals surface area contributed by atoms with Crippen molar-refractivity contribution < 1.29 is 4.79 Å². The van der Waals surface area contributed by atoms with Gasteiger partial charge in [-0.2, -0.15) is 0 Å². The first-order chi connectivity index (χ1) is 14.3. The summed E-state index contributed by atoms with van der Waals surface area (Å²) in [5.74, 6) is 0.534. The molecule has 0 saturated carbocycles. The zero-order chi connectivity index (χ0) is 21.4. The van der Waals surface area contributed by atoms with Gasteiger partial charge in [-0.3, -0.25) is 9.69 Å². The van der Waals surface area contributed by atoms with Gasteiger partial charge >= 0.3 is 0 Å². The number of hydrogen-bond acceptors (Lipinski definition) is 5. The standard InChI is InChI=1S/C22H21ClN4OS2/c1-12-5-6-18-19(9-12)26-21(25-18)29-10-16-11-30-22(24-16)27(15(4)28)20-14(3)7-13(2)8-17(20)23/h5-9,11H,10H2,1-4H3,(H,25,26). The zero-order valence-corrected chi connectivity index (χ0v) is 19.5. The summed E-state index contributed by atoms with van der Waals surface area (Å²) in [4.78, 5) is 26.7. The number of H-pyrrole nitrogens is 1. The van der Waals surface area contributed by atoms with Crippen LogP contribution in [0.5, 0.6) is 0 Å². The molecule has 0 aliphatic carbocycles. The van der Waals surface area contributed by atoms with Gasteiger partial charge in [-0.15, -0.1) is 11.3 Å². The van der Waals surface area contributed by atoms with Gasteiger partial charge in [0.25, 0.3) is 0 Å². The molecule has 0 aliphatic heterocycles. The van der Waals surface area contributed by atoms with Crippen molar-refractivity contribution in [2.45, 2.75) is 38.6 Å². The van der Waals surface area contributed by atoms with Gasteiger partial charge < -0.3 is 4.98 Å². The van der Waals surface area contributed by atoms with Gasteiger partial charge in [0, 0.05) is 18.1 Å². The van der Waals surface area contributed by atoms with Crippen molar-refractivity contribution in [2.75, 3.05) is 4.90 Å². The monoisotopic (exact) mass is 456 g/mol. The van der Waals surface area contributed by atoms with Crippen LogP contribution in [0.3, 0.4) is 0 Å². The summed E-state index contributed by atoms with van der Waals surface area (Å²) in [5.41, 5.74) is 6.76. The maximum Gasteiger partial charge on any atom is 0.230 e. The maximum atomic E-state index is 12.5. The molecule has 0 atom stereocenters. The highest BCUT2D eigenvalue weighted by atomic mass is 35.5. The average Bonchev–Trinajstić information content (AvgIpc) is 3.28. The fraction of sp³-hybridized carbons (Fsp3) is 0.227. The fourth-order valence-electron chi connectivity index (χ4n) is 3.36. The number of benzene rings is 2. The summed E-state index contributed by atoms with van der Waals surface area (Å²) in [6.45, 7) is 7.53. The first-order valence-corrected chi connectivity index (χ1v) is 11.7. The second-order valence-electron chi connectivity index (χ2n) is 7.24. The van der Waals surface area contributed by atoms with Gasteiger partial charge in [-0.1, -0.05) is 35.5 Å². The molecule has 1 amide bonds. The van der Waals surface area contributed by atoms with E-state index in [9.17, 15) is 4.79 Å². The number of aromatic nitrogens is 3. The molecule has 4 rings (SSSR count). The highest BCUT2D eigenvalue weighted by Crippen LogP contribution is 2.38. The van der Waals surface area contributed by atoms with Crippen LogP contribution in [0.1, 0.15) is 29.3 Å². The Kier molecular flexibility index (Phi) is 5.86. The van der Waals surface area contributed by atoms with Crippen LogP contribution in [0, 0.1) is 20.8 Å². The van der Waals surface area contributed by atoms with E-state index in [2.05, 4.69) is 29.0 Å². The topological polar surface area (TPSA) is 61.9 Å². The molecule has 2 aromatic heterocycles. The molecule has 0 fully saturated rings. The number of thioether (sulfide) groups is 1. The van der Waals surface area contributed by atoms with E-state index in [0.29, 0.717) is 21.6 Å². The Labute approximate surface area is 188 Å². The number of halogens is 1. The van der Waals surface area contributed by atoms with E-state index in [1.807, 2.05) is 37.4 Å². The number of nitrogens with one attached hydrogen (secondary N) is 1. The summed E-state index contributed by atoms with van der Waals surface area (Å²) < 4.78 is 0. The summed E-state index contributed by atoms with van der Waals surface area (Å²) in [6, 6.07) is 10.0. The molecule has 8 heteroatoms. The number of carbonyl (C=O) groups excluding carboxylic acids is 1. The van der Waals surface area contributed by atoms with Crippen LogP contribution in [0.2, 0.25) is 5.02 Å².